The van der Waals surface area contributed by atoms with Crippen molar-refractivity contribution in [2.45, 2.75) is 26.5 Å². The van der Waals surface area contributed by atoms with E-state index in [4.69, 9.17) is 10.00 Å². The van der Waals surface area contributed by atoms with Crippen molar-refractivity contribution in [3.8, 4) is 11.8 Å². The normalized spacial score (nSPS) is 11.9. The van der Waals surface area contributed by atoms with Crippen LogP contribution in [-0.2, 0) is 6.54 Å². The molecule has 1 aromatic carbocycles. The Labute approximate surface area is 117 Å². The van der Waals surface area contributed by atoms with E-state index < -0.39 is 6.10 Å². The van der Waals surface area contributed by atoms with Crippen LogP contribution in [0.5, 0.6) is 5.75 Å². The van der Waals surface area contributed by atoms with E-state index in [1.807, 2.05) is 38.1 Å². The lowest BCUT2D eigenvalue weighted by Crippen LogP contribution is -2.24. The van der Waals surface area contributed by atoms with Crippen LogP contribution in [0.3, 0.4) is 0 Å². The Kier molecular flexibility index (Phi) is 4.33. The van der Waals surface area contributed by atoms with Crippen molar-refractivity contribution < 1.29 is 9.84 Å². The summed E-state index contributed by atoms with van der Waals surface area (Å²) in [5.41, 5.74) is 2.20. The van der Waals surface area contributed by atoms with Crippen molar-refractivity contribution >= 4 is 0 Å². The predicted octanol–water partition coefficient (Wildman–Crippen LogP) is 1.21. The summed E-state index contributed by atoms with van der Waals surface area (Å²) in [6, 6.07) is 7.71. The molecular formula is C14H16N4O2. The highest BCUT2D eigenvalue weighted by molar-refractivity contribution is 5.35. The zero-order chi connectivity index (χ0) is 14.5. The van der Waals surface area contributed by atoms with Crippen molar-refractivity contribution in [3.63, 3.8) is 0 Å². The summed E-state index contributed by atoms with van der Waals surface area (Å²) >= 11 is 0. The molecule has 6 heteroatoms. The number of hydrogen-bond donors (Lipinski definition) is 1. The van der Waals surface area contributed by atoms with E-state index in [2.05, 4.69) is 10.1 Å². The molecule has 0 radical (unpaired) electrons. The number of benzene rings is 1. The van der Waals surface area contributed by atoms with Gasteiger partial charge in [0, 0.05) is 0 Å². The van der Waals surface area contributed by atoms with Gasteiger partial charge in [-0.3, -0.25) is 0 Å². The molecule has 0 amide bonds. The first-order valence-electron chi connectivity index (χ1n) is 6.26. The number of nitriles is 1. The molecule has 1 N–H and O–H groups in total. The van der Waals surface area contributed by atoms with Gasteiger partial charge in [0.1, 0.15) is 30.9 Å². The van der Waals surface area contributed by atoms with Crippen LogP contribution < -0.4 is 4.74 Å². The number of aliphatic hydroxyl groups excluding tert-OH is 1. The number of nitrogens with zero attached hydrogens (tertiary/aromatic N) is 4. The van der Waals surface area contributed by atoms with Crippen LogP contribution in [0.2, 0.25) is 0 Å². The van der Waals surface area contributed by atoms with Gasteiger partial charge >= 0.3 is 0 Å². The molecule has 104 valence electrons. The second-order valence-corrected chi connectivity index (χ2v) is 4.64. The molecule has 2 aromatic rings. The molecule has 0 saturated heterocycles. The third-order valence-corrected chi connectivity index (χ3v) is 2.80. The fourth-order valence-electron chi connectivity index (χ4n) is 1.85. The quantitative estimate of drug-likeness (QED) is 0.884. The second-order valence-electron chi connectivity index (χ2n) is 4.64. The summed E-state index contributed by atoms with van der Waals surface area (Å²) in [6.45, 7) is 4.37. The lowest BCUT2D eigenvalue weighted by molar-refractivity contribution is 0.0889. The van der Waals surface area contributed by atoms with Gasteiger partial charge in [-0.1, -0.05) is 17.7 Å². The van der Waals surface area contributed by atoms with Gasteiger partial charge in [-0.25, -0.2) is 9.67 Å². The Morgan fingerprint density at radius 2 is 2.25 bits per heavy atom. The van der Waals surface area contributed by atoms with Crippen molar-refractivity contribution in [2.24, 2.45) is 0 Å². The molecule has 0 saturated carbocycles. The molecule has 6 nitrogen and oxygen atoms in total. The summed E-state index contributed by atoms with van der Waals surface area (Å²) in [4.78, 5) is 3.77. The van der Waals surface area contributed by atoms with Gasteiger partial charge in [-0.05, 0) is 25.5 Å². The van der Waals surface area contributed by atoms with Gasteiger partial charge < -0.3 is 9.84 Å². The molecule has 1 aromatic heterocycles. The van der Waals surface area contributed by atoms with Gasteiger partial charge in [0.15, 0.2) is 0 Å². The molecule has 0 bridgehead atoms. The van der Waals surface area contributed by atoms with Crippen LogP contribution >= 0.6 is 0 Å². The molecule has 1 heterocycles. The predicted molar refractivity (Wildman–Crippen MR) is 72.2 cm³/mol. The minimum absolute atomic E-state index is 0.0903. The van der Waals surface area contributed by atoms with E-state index in [0.29, 0.717) is 0 Å². The summed E-state index contributed by atoms with van der Waals surface area (Å²) in [5, 5.41) is 22.4. The standard InChI is InChI=1S/C14H16N4O2/c1-10-3-4-13(11(2)5-10)20-8-12(19)7-18-9-16-14(6-15)17-18/h3-5,9,12,19H,7-8H2,1-2H3. The number of aryl methyl sites for hydroxylation is 2. The summed E-state index contributed by atoms with van der Waals surface area (Å²) in [6.07, 6.45) is 0.697. The zero-order valence-electron chi connectivity index (χ0n) is 11.4. The van der Waals surface area contributed by atoms with Gasteiger partial charge in [0.2, 0.25) is 0 Å². The number of aromatic nitrogens is 3. The first-order valence-corrected chi connectivity index (χ1v) is 6.26. The Bertz CT molecular complexity index is 630. The molecule has 1 unspecified atom stereocenters. The molecule has 2 rings (SSSR count). The molecule has 0 aliphatic carbocycles. The van der Waals surface area contributed by atoms with Crippen molar-refractivity contribution in [1.82, 2.24) is 14.8 Å². The average molecular weight is 272 g/mol. The Balaban J connectivity index is 1.88. The first-order chi connectivity index (χ1) is 9.58. The summed E-state index contributed by atoms with van der Waals surface area (Å²) in [7, 11) is 0. The fourth-order valence-corrected chi connectivity index (χ4v) is 1.85. The molecule has 0 spiro atoms. The van der Waals surface area contributed by atoms with Crippen molar-refractivity contribution in [1.29, 1.82) is 5.26 Å². The van der Waals surface area contributed by atoms with Gasteiger partial charge in [-0.15, -0.1) is 5.10 Å². The minimum atomic E-state index is -0.719. The van der Waals surface area contributed by atoms with Crippen LogP contribution in [0.15, 0.2) is 24.5 Å². The molecule has 20 heavy (non-hydrogen) atoms. The minimum Gasteiger partial charge on any atom is -0.491 e. The van der Waals surface area contributed by atoms with E-state index in [0.717, 1.165) is 11.3 Å². The van der Waals surface area contributed by atoms with E-state index in [9.17, 15) is 5.11 Å². The third kappa shape index (κ3) is 3.56. The lowest BCUT2D eigenvalue weighted by Gasteiger charge is -2.14. The van der Waals surface area contributed by atoms with Gasteiger partial charge in [0.05, 0.1) is 6.54 Å². The average Bonchev–Trinajstić information content (AvgIpc) is 2.85. The topological polar surface area (TPSA) is 84.0 Å². The highest BCUT2D eigenvalue weighted by atomic mass is 16.5. The van der Waals surface area contributed by atoms with E-state index in [1.54, 1.807) is 0 Å². The maximum Gasteiger partial charge on any atom is 0.252 e. The summed E-state index contributed by atoms with van der Waals surface area (Å²) < 4.78 is 7.01. The van der Waals surface area contributed by atoms with E-state index in [-0.39, 0.29) is 19.0 Å². The Morgan fingerprint density at radius 1 is 1.45 bits per heavy atom. The van der Waals surface area contributed by atoms with Crippen molar-refractivity contribution in [3.05, 3.63) is 41.5 Å². The Morgan fingerprint density at radius 3 is 2.90 bits per heavy atom. The van der Waals surface area contributed by atoms with Crippen LogP contribution in [0.4, 0.5) is 0 Å². The van der Waals surface area contributed by atoms with Crippen LogP contribution in [0.1, 0.15) is 17.0 Å². The largest absolute Gasteiger partial charge is 0.491 e. The molecule has 0 fully saturated rings. The van der Waals surface area contributed by atoms with E-state index >= 15 is 0 Å². The SMILES string of the molecule is Cc1ccc(OCC(O)Cn2cnc(C#N)n2)c(C)c1. The van der Waals surface area contributed by atoms with Crippen molar-refractivity contribution in [2.75, 3.05) is 6.61 Å². The number of aliphatic hydroxyl groups is 1. The molecule has 0 aliphatic heterocycles. The first kappa shape index (κ1) is 14.0. The zero-order valence-corrected chi connectivity index (χ0v) is 11.4. The highest BCUT2D eigenvalue weighted by Crippen LogP contribution is 2.18. The number of rotatable bonds is 5. The maximum absolute atomic E-state index is 9.89. The van der Waals surface area contributed by atoms with Crippen LogP contribution in [0, 0.1) is 25.2 Å². The Hall–Kier alpha value is -2.39. The smallest absolute Gasteiger partial charge is 0.252 e. The van der Waals surface area contributed by atoms with Gasteiger partial charge in [-0.2, -0.15) is 5.26 Å². The summed E-state index contributed by atoms with van der Waals surface area (Å²) in [5.74, 6) is 0.846. The van der Waals surface area contributed by atoms with Crippen LogP contribution in [0.25, 0.3) is 0 Å². The third-order valence-electron chi connectivity index (χ3n) is 2.80. The van der Waals surface area contributed by atoms with Crippen LogP contribution in [-0.4, -0.2) is 32.6 Å². The molecular weight excluding hydrogens is 256 g/mol. The molecule has 0 aliphatic rings. The lowest BCUT2D eigenvalue weighted by atomic mass is 10.1. The molecule has 1 atom stereocenters. The number of hydrogen-bond acceptors (Lipinski definition) is 5. The number of ether oxygens (including phenoxy) is 1. The monoisotopic (exact) mass is 272 g/mol. The fraction of sp³-hybridized carbons (Fsp3) is 0.357. The highest BCUT2D eigenvalue weighted by Gasteiger charge is 2.09. The second kappa shape index (κ2) is 6.17. The van der Waals surface area contributed by atoms with E-state index in [1.165, 1.54) is 16.6 Å². The maximum atomic E-state index is 9.89. The van der Waals surface area contributed by atoms with Gasteiger partial charge in [0.25, 0.3) is 5.82 Å².